The highest BCUT2D eigenvalue weighted by atomic mass is 15.3. The molecular formula is C17H20N6. The maximum absolute atomic E-state index is 4.70. The zero-order chi connectivity index (χ0) is 15.4. The molecule has 1 saturated carbocycles. The van der Waals surface area contributed by atoms with Crippen molar-refractivity contribution in [1.29, 1.82) is 0 Å². The summed E-state index contributed by atoms with van der Waals surface area (Å²) in [4.78, 5) is 6.97. The van der Waals surface area contributed by atoms with Crippen LogP contribution >= 0.6 is 0 Å². The van der Waals surface area contributed by atoms with Crippen LogP contribution in [0.25, 0.3) is 5.52 Å². The summed E-state index contributed by atoms with van der Waals surface area (Å²) in [7, 11) is 0. The normalized spacial score (nSPS) is 18.6. The van der Waals surface area contributed by atoms with E-state index in [1.54, 1.807) is 0 Å². The molecule has 1 aliphatic heterocycles. The minimum Gasteiger partial charge on any atom is -0.354 e. The maximum Gasteiger partial charge on any atom is 0.154 e. The van der Waals surface area contributed by atoms with Crippen LogP contribution < -0.4 is 4.90 Å². The molecule has 118 valence electrons. The van der Waals surface area contributed by atoms with Crippen molar-refractivity contribution in [3.05, 3.63) is 42.1 Å². The fourth-order valence-corrected chi connectivity index (χ4v) is 3.44. The lowest BCUT2D eigenvalue weighted by molar-refractivity contribution is 0.340. The predicted octanol–water partition coefficient (Wildman–Crippen LogP) is 2.25. The minimum atomic E-state index is 0.641. The van der Waals surface area contributed by atoms with Crippen molar-refractivity contribution in [2.24, 2.45) is 5.92 Å². The van der Waals surface area contributed by atoms with E-state index in [9.17, 15) is 0 Å². The van der Waals surface area contributed by atoms with Crippen molar-refractivity contribution in [2.75, 3.05) is 18.0 Å². The lowest BCUT2D eigenvalue weighted by Crippen LogP contribution is -2.49. The molecule has 0 atom stereocenters. The van der Waals surface area contributed by atoms with Crippen LogP contribution in [0, 0.1) is 12.8 Å². The molecule has 0 bridgehead atoms. The third-order valence-corrected chi connectivity index (χ3v) is 4.85. The van der Waals surface area contributed by atoms with Gasteiger partial charge in [-0.05, 0) is 31.4 Å². The van der Waals surface area contributed by atoms with Gasteiger partial charge >= 0.3 is 0 Å². The van der Waals surface area contributed by atoms with E-state index < -0.39 is 0 Å². The Labute approximate surface area is 134 Å². The predicted molar refractivity (Wildman–Crippen MR) is 87.6 cm³/mol. The summed E-state index contributed by atoms with van der Waals surface area (Å²) in [6.45, 7) is 5.14. The molecule has 6 heteroatoms. The Morgan fingerprint density at radius 2 is 2.13 bits per heavy atom. The van der Waals surface area contributed by atoms with Crippen LogP contribution in [0.4, 0.5) is 5.82 Å². The Bertz CT molecular complexity index is 853. The molecule has 0 amide bonds. The van der Waals surface area contributed by atoms with Gasteiger partial charge in [-0.3, -0.25) is 4.68 Å². The highest BCUT2D eigenvalue weighted by Gasteiger charge is 2.31. The Balaban J connectivity index is 1.34. The van der Waals surface area contributed by atoms with Gasteiger partial charge in [-0.2, -0.15) is 10.2 Å². The van der Waals surface area contributed by atoms with Gasteiger partial charge in [0.25, 0.3) is 0 Å². The van der Waals surface area contributed by atoms with E-state index in [1.807, 2.05) is 23.1 Å². The summed E-state index contributed by atoms with van der Waals surface area (Å²) in [6, 6.07) is 2.23. The van der Waals surface area contributed by atoms with Gasteiger partial charge in [0.1, 0.15) is 5.52 Å². The number of aromatic nitrogens is 5. The van der Waals surface area contributed by atoms with E-state index in [2.05, 4.69) is 38.9 Å². The van der Waals surface area contributed by atoms with Crippen LogP contribution in [0.15, 0.2) is 30.9 Å². The number of fused-ring (bicyclic) bond motifs is 1. The molecule has 0 spiro atoms. The fraction of sp³-hybridized carbons (Fsp3) is 0.471. The maximum atomic E-state index is 4.70. The number of aryl methyl sites for hydroxylation is 1. The van der Waals surface area contributed by atoms with Crippen molar-refractivity contribution in [3.8, 4) is 0 Å². The topological polar surface area (TPSA) is 51.2 Å². The average molecular weight is 308 g/mol. The molecule has 2 fully saturated rings. The largest absolute Gasteiger partial charge is 0.354 e. The molecule has 3 aromatic rings. The summed E-state index contributed by atoms with van der Waals surface area (Å²) in [5.74, 6) is 2.39. The van der Waals surface area contributed by atoms with E-state index in [0.29, 0.717) is 11.8 Å². The number of hydrogen-bond acceptors (Lipinski definition) is 4. The number of rotatable bonds is 4. The Hall–Kier alpha value is -2.37. The van der Waals surface area contributed by atoms with Gasteiger partial charge < -0.3 is 4.90 Å². The lowest BCUT2D eigenvalue weighted by atomic mass is 10.0. The van der Waals surface area contributed by atoms with Crippen molar-refractivity contribution >= 4 is 11.3 Å². The van der Waals surface area contributed by atoms with Gasteiger partial charge in [0.2, 0.25) is 0 Å². The monoisotopic (exact) mass is 308 g/mol. The van der Waals surface area contributed by atoms with E-state index in [4.69, 9.17) is 5.10 Å². The molecule has 1 aliphatic carbocycles. The third kappa shape index (κ3) is 2.29. The van der Waals surface area contributed by atoms with Gasteiger partial charge in [-0.25, -0.2) is 9.50 Å². The van der Waals surface area contributed by atoms with Crippen molar-refractivity contribution in [3.63, 3.8) is 0 Å². The highest BCUT2D eigenvalue weighted by Crippen LogP contribution is 2.40. The first-order chi connectivity index (χ1) is 11.3. The molecule has 1 saturated heterocycles. The van der Waals surface area contributed by atoms with E-state index in [0.717, 1.165) is 31.0 Å². The second kappa shape index (κ2) is 4.81. The minimum absolute atomic E-state index is 0.641. The fourth-order valence-electron chi connectivity index (χ4n) is 3.44. The molecule has 0 aromatic carbocycles. The molecule has 4 heterocycles. The summed E-state index contributed by atoms with van der Waals surface area (Å²) in [5, 5.41) is 9.08. The van der Waals surface area contributed by atoms with Gasteiger partial charge in [0.15, 0.2) is 5.82 Å². The number of hydrogen-bond donors (Lipinski definition) is 0. The first kappa shape index (κ1) is 13.1. The highest BCUT2D eigenvalue weighted by molar-refractivity contribution is 5.70. The van der Waals surface area contributed by atoms with Crippen molar-refractivity contribution in [2.45, 2.75) is 32.2 Å². The van der Waals surface area contributed by atoms with Crippen LogP contribution in [0.2, 0.25) is 0 Å². The van der Waals surface area contributed by atoms with Crippen LogP contribution in [-0.4, -0.2) is 37.5 Å². The first-order valence-corrected chi connectivity index (χ1v) is 8.34. The van der Waals surface area contributed by atoms with Crippen molar-refractivity contribution < 1.29 is 0 Å². The zero-order valence-electron chi connectivity index (χ0n) is 13.3. The molecular weight excluding hydrogens is 288 g/mol. The first-order valence-electron chi connectivity index (χ1n) is 8.34. The molecule has 0 radical (unpaired) electrons. The smallest absolute Gasteiger partial charge is 0.154 e. The Kier molecular flexibility index (Phi) is 2.74. The van der Waals surface area contributed by atoms with Gasteiger partial charge in [0.05, 0.1) is 11.9 Å². The quantitative estimate of drug-likeness (QED) is 0.742. The second-order valence-electron chi connectivity index (χ2n) is 6.93. The van der Waals surface area contributed by atoms with Gasteiger partial charge in [-0.15, -0.1) is 0 Å². The van der Waals surface area contributed by atoms with Crippen LogP contribution in [0.1, 0.15) is 30.0 Å². The summed E-state index contributed by atoms with van der Waals surface area (Å²) in [6.07, 6.45) is 10.4. The molecule has 23 heavy (non-hydrogen) atoms. The van der Waals surface area contributed by atoms with Crippen molar-refractivity contribution in [1.82, 2.24) is 24.4 Å². The molecule has 0 unspecified atom stereocenters. The summed E-state index contributed by atoms with van der Waals surface area (Å²) >= 11 is 0. The average Bonchev–Trinajstić information content (AvgIpc) is 3.13. The SMILES string of the molecule is Cc1cnn(CC2CN(c3nccn4nc(C5CC5)cc34)C2)c1. The number of anilines is 1. The lowest BCUT2D eigenvalue weighted by Gasteiger charge is -2.40. The summed E-state index contributed by atoms with van der Waals surface area (Å²) in [5.41, 5.74) is 3.59. The molecule has 6 nitrogen and oxygen atoms in total. The van der Waals surface area contributed by atoms with E-state index in [1.165, 1.54) is 24.1 Å². The van der Waals surface area contributed by atoms with E-state index in [-0.39, 0.29) is 0 Å². The Morgan fingerprint density at radius 3 is 2.87 bits per heavy atom. The summed E-state index contributed by atoms with van der Waals surface area (Å²) < 4.78 is 4.04. The second-order valence-corrected chi connectivity index (χ2v) is 6.93. The van der Waals surface area contributed by atoms with Gasteiger partial charge in [-0.1, -0.05) is 0 Å². The van der Waals surface area contributed by atoms with Crippen LogP contribution in [0.3, 0.4) is 0 Å². The third-order valence-electron chi connectivity index (χ3n) is 4.85. The van der Waals surface area contributed by atoms with Crippen LogP contribution in [0.5, 0.6) is 0 Å². The van der Waals surface area contributed by atoms with E-state index >= 15 is 0 Å². The molecule has 0 N–H and O–H groups in total. The van der Waals surface area contributed by atoms with Gasteiger partial charge in [0, 0.05) is 50.1 Å². The molecule has 3 aromatic heterocycles. The standard InChI is InChI=1S/C17H20N6/c1-12-7-19-22(8-12)11-13-9-21(10-13)17-16-6-15(14-2-3-14)20-23(16)5-4-18-17/h4-8,13-14H,2-3,9-11H2,1H3. The Morgan fingerprint density at radius 1 is 1.26 bits per heavy atom. The zero-order valence-corrected chi connectivity index (χ0v) is 13.3. The van der Waals surface area contributed by atoms with Crippen LogP contribution in [-0.2, 0) is 6.54 Å². The number of nitrogens with zero attached hydrogens (tertiary/aromatic N) is 6. The molecule has 2 aliphatic rings. The molecule has 5 rings (SSSR count).